The Morgan fingerprint density at radius 2 is 2.33 bits per heavy atom. The number of nitrogens with zero attached hydrogens (tertiary/aromatic N) is 2. The van der Waals surface area contributed by atoms with Crippen molar-refractivity contribution >= 4 is 16.7 Å². The van der Waals surface area contributed by atoms with E-state index in [1.54, 1.807) is 0 Å². The van der Waals surface area contributed by atoms with Crippen LogP contribution in [0.5, 0.6) is 0 Å². The van der Waals surface area contributed by atoms with Gasteiger partial charge in [0.2, 0.25) is 0 Å². The zero-order valence-electron chi connectivity index (χ0n) is 7.20. The van der Waals surface area contributed by atoms with Crippen LogP contribution in [0.15, 0.2) is 24.5 Å². The van der Waals surface area contributed by atoms with Crippen LogP contribution in [-0.2, 0) is 7.05 Å². The quantitative estimate of drug-likeness (QED) is 0.688. The van der Waals surface area contributed by atoms with E-state index < -0.39 is 0 Å². The van der Waals surface area contributed by atoms with Gasteiger partial charge in [0.15, 0.2) is 0 Å². The van der Waals surface area contributed by atoms with Crippen LogP contribution >= 0.6 is 0 Å². The van der Waals surface area contributed by atoms with Gasteiger partial charge in [-0.05, 0) is 12.1 Å². The fourth-order valence-corrected chi connectivity index (χ4v) is 1.43. The van der Waals surface area contributed by atoms with Gasteiger partial charge in [0, 0.05) is 31.9 Å². The Bertz CT molecular complexity index is 403. The number of aromatic nitrogens is 2. The summed E-state index contributed by atoms with van der Waals surface area (Å²) in [5, 5.41) is 4.29. The fourth-order valence-electron chi connectivity index (χ4n) is 1.43. The van der Waals surface area contributed by atoms with Crippen molar-refractivity contribution < 1.29 is 0 Å². The second kappa shape index (κ2) is 2.52. The molecule has 0 aromatic carbocycles. The fraction of sp³-hybridized carbons (Fsp3) is 0.222. The van der Waals surface area contributed by atoms with E-state index in [1.807, 2.05) is 32.6 Å². The highest BCUT2D eigenvalue weighted by Gasteiger charge is 2.01. The molecule has 1 N–H and O–H groups in total. The number of hydrogen-bond donors (Lipinski definition) is 1. The first-order chi connectivity index (χ1) is 5.83. The third-order valence-corrected chi connectivity index (χ3v) is 2.10. The Hall–Kier alpha value is -1.51. The van der Waals surface area contributed by atoms with Gasteiger partial charge in [-0.25, -0.2) is 0 Å². The zero-order valence-corrected chi connectivity index (χ0v) is 7.20. The molecule has 3 heteroatoms. The molecule has 0 bridgehead atoms. The Kier molecular flexibility index (Phi) is 1.50. The van der Waals surface area contributed by atoms with E-state index in [2.05, 4.69) is 20.9 Å². The summed E-state index contributed by atoms with van der Waals surface area (Å²) in [5.74, 6) is 1.11. The maximum Gasteiger partial charge on any atom is 0.106 e. The summed E-state index contributed by atoms with van der Waals surface area (Å²) in [6.07, 6.45) is 3.68. The molecule has 0 spiro atoms. The summed E-state index contributed by atoms with van der Waals surface area (Å²) in [4.78, 5) is 4.06. The first-order valence-corrected chi connectivity index (χ1v) is 3.90. The summed E-state index contributed by atoms with van der Waals surface area (Å²) in [6, 6.07) is 4.10. The van der Waals surface area contributed by atoms with Crippen molar-refractivity contribution in [1.29, 1.82) is 0 Å². The van der Waals surface area contributed by atoms with Crippen molar-refractivity contribution in [3.05, 3.63) is 24.5 Å². The lowest BCUT2D eigenvalue weighted by Crippen LogP contribution is -1.95. The first-order valence-electron chi connectivity index (χ1n) is 3.90. The molecule has 62 valence electrons. The lowest BCUT2D eigenvalue weighted by atomic mass is 10.3. The maximum absolute atomic E-state index is 4.06. The lowest BCUT2D eigenvalue weighted by molar-refractivity contribution is 0.971. The average Bonchev–Trinajstić information content (AvgIpc) is 2.44. The number of hydrogen-bond acceptors (Lipinski definition) is 2. The van der Waals surface area contributed by atoms with Gasteiger partial charge in [-0.2, -0.15) is 0 Å². The van der Waals surface area contributed by atoms with E-state index in [1.165, 1.54) is 10.9 Å². The molecule has 0 fully saturated rings. The van der Waals surface area contributed by atoms with E-state index in [0.717, 1.165) is 5.82 Å². The van der Waals surface area contributed by atoms with Crippen molar-refractivity contribution in [3.8, 4) is 0 Å². The van der Waals surface area contributed by atoms with Crippen LogP contribution < -0.4 is 5.32 Å². The number of nitrogens with one attached hydrogen (secondary N) is 1. The molecule has 12 heavy (non-hydrogen) atoms. The molecule has 0 amide bonds. The van der Waals surface area contributed by atoms with Gasteiger partial charge in [-0.15, -0.1) is 0 Å². The molecule has 2 heterocycles. The normalized spacial score (nSPS) is 10.5. The molecular weight excluding hydrogens is 150 g/mol. The van der Waals surface area contributed by atoms with Gasteiger partial charge in [0.05, 0.1) is 5.52 Å². The SMILES string of the molecule is CNc1cc2cnccc2n1C. The number of fused-ring (bicyclic) bond motifs is 1. The van der Waals surface area contributed by atoms with E-state index in [-0.39, 0.29) is 0 Å². The van der Waals surface area contributed by atoms with Crippen LogP contribution in [0.1, 0.15) is 0 Å². The lowest BCUT2D eigenvalue weighted by Gasteiger charge is -2.00. The minimum Gasteiger partial charge on any atom is -0.375 e. The molecule has 0 saturated carbocycles. The third-order valence-electron chi connectivity index (χ3n) is 2.10. The summed E-state index contributed by atoms with van der Waals surface area (Å²) >= 11 is 0. The minimum atomic E-state index is 1.11. The summed E-state index contributed by atoms with van der Waals surface area (Å²) in [5.41, 5.74) is 1.20. The van der Waals surface area contributed by atoms with Gasteiger partial charge in [-0.3, -0.25) is 4.98 Å². The highest BCUT2D eigenvalue weighted by molar-refractivity contribution is 5.83. The summed E-state index contributed by atoms with van der Waals surface area (Å²) in [6.45, 7) is 0. The van der Waals surface area contributed by atoms with Crippen molar-refractivity contribution in [2.75, 3.05) is 12.4 Å². The predicted molar refractivity (Wildman–Crippen MR) is 50.3 cm³/mol. The second-order valence-electron chi connectivity index (χ2n) is 2.77. The topological polar surface area (TPSA) is 29.9 Å². The van der Waals surface area contributed by atoms with E-state index >= 15 is 0 Å². The Morgan fingerprint density at radius 1 is 1.50 bits per heavy atom. The van der Waals surface area contributed by atoms with Crippen LogP contribution in [0.3, 0.4) is 0 Å². The molecule has 2 aromatic heterocycles. The molecule has 0 aliphatic rings. The minimum absolute atomic E-state index is 1.11. The third kappa shape index (κ3) is 0.863. The molecule has 0 atom stereocenters. The Labute approximate surface area is 71.0 Å². The van der Waals surface area contributed by atoms with Crippen LogP contribution in [-0.4, -0.2) is 16.6 Å². The number of anilines is 1. The van der Waals surface area contributed by atoms with Crippen LogP contribution in [0.2, 0.25) is 0 Å². The van der Waals surface area contributed by atoms with E-state index in [4.69, 9.17) is 0 Å². The highest BCUT2D eigenvalue weighted by Crippen LogP contribution is 2.20. The first kappa shape index (κ1) is 7.16. The van der Waals surface area contributed by atoms with Gasteiger partial charge in [0.1, 0.15) is 5.82 Å². The molecule has 0 aliphatic carbocycles. The molecule has 2 rings (SSSR count). The largest absolute Gasteiger partial charge is 0.375 e. The zero-order chi connectivity index (χ0) is 8.55. The Balaban J connectivity index is 2.78. The van der Waals surface area contributed by atoms with Crippen LogP contribution in [0, 0.1) is 0 Å². The van der Waals surface area contributed by atoms with Gasteiger partial charge in [0.25, 0.3) is 0 Å². The standard InChI is InChI=1S/C9H11N3/c1-10-9-5-7-6-11-4-3-8(7)12(9)2/h3-6,10H,1-2H3. The van der Waals surface area contributed by atoms with Crippen LogP contribution in [0.25, 0.3) is 10.9 Å². The molecule has 0 saturated heterocycles. The van der Waals surface area contributed by atoms with Crippen molar-refractivity contribution in [3.63, 3.8) is 0 Å². The van der Waals surface area contributed by atoms with E-state index in [9.17, 15) is 0 Å². The molecule has 0 radical (unpaired) electrons. The molecular formula is C9H11N3. The van der Waals surface area contributed by atoms with Gasteiger partial charge < -0.3 is 9.88 Å². The highest BCUT2D eigenvalue weighted by atomic mass is 15.1. The monoisotopic (exact) mass is 161 g/mol. The van der Waals surface area contributed by atoms with Crippen molar-refractivity contribution in [2.45, 2.75) is 0 Å². The predicted octanol–water partition coefficient (Wildman–Crippen LogP) is 1.61. The number of pyridine rings is 1. The second-order valence-corrected chi connectivity index (χ2v) is 2.77. The average molecular weight is 161 g/mol. The number of rotatable bonds is 1. The molecule has 3 nitrogen and oxygen atoms in total. The Morgan fingerprint density at radius 3 is 3.00 bits per heavy atom. The van der Waals surface area contributed by atoms with Gasteiger partial charge >= 0.3 is 0 Å². The van der Waals surface area contributed by atoms with Crippen LogP contribution in [0.4, 0.5) is 5.82 Å². The summed E-state index contributed by atoms with van der Waals surface area (Å²) in [7, 11) is 3.95. The van der Waals surface area contributed by atoms with Gasteiger partial charge in [-0.1, -0.05) is 0 Å². The molecule has 0 unspecified atom stereocenters. The van der Waals surface area contributed by atoms with Crippen molar-refractivity contribution in [2.24, 2.45) is 7.05 Å². The summed E-state index contributed by atoms with van der Waals surface area (Å²) < 4.78 is 2.11. The van der Waals surface area contributed by atoms with Crippen molar-refractivity contribution in [1.82, 2.24) is 9.55 Å². The maximum atomic E-state index is 4.06. The molecule has 0 aliphatic heterocycles. The number of aryl methyl sites for hydroxylation is 1. The van der Waals surface area contributed by atoms with E-state index in [0.29, 0.717) is 0 Å². The molecule has 2 aromatic rings. The smallest absolute Gasteiger partial charge is 0.106 e.